The molecule has 0 bridgehead atoms. The van der Waals surface area contributed by atoms with Crippen LogP contribution < -0.4 is 10.5 Å². The second kappa shape index (κ2) is 5.69. The maximum atomic E-state index is 12.7. The number of aryl methyl sites for hydroxylation is 2. The summed E-state index contributed by atoms with van der Waals surface area (Å²) in [5.74, 6) is 0. The molecule has 2 rings (SSSR count). The molecule has 112 valence electrons. The smallest absolute Gasteiger partial charge is 0.262 e. The summed E-state index contributed by atoms with van der Waals surface area (Å²) in [6.45, 7) is 5.37. The molecule has 0 aliphatic heterocycles. The van der Waals surface area contributed by atoms with E-state index in [0.29, 0.717) is 22.5 Å². The van der Waals surface area contributed by atoms with Gasteiger partial charge in [0.25, 0.3) is 10.0 Å². The van der Waals surface area contributed by atoms with Crippen molar-refractivity contribution in [2.24, 2.45) is 0 Å². The van der Waals surface area contributed by atoms with Gasteiger partial charge in [-0.25, -0.2) is 8.42 Å². The first kappa shape index (κ1) is 15.9. The number of sulfonamides is 1. The molecule has 2 aromatic rings. The maximum absolute atomic E-state index is 12.7. The molecular weight excluding hydrogens is 352 g/mol. The summed E-state index contributed by atoms with van der Waals surface area (Å²) >= 11 is 3.41. The van der Waals surface area contributed by atoms with Crippen molar-refractivity contribution in [3.63, 3.8) is 0 Å². The number of hydrogen-bond acceptors (Lipinski definition) is 3. The first-order valence-corrected chi connectivity index (χ1v) is 8.65. The van der Waals surface area contributed by atoms with Crippen molar-refractivity contribution in [2.45, 2.75) is 25.7 Å². The number of anilines is 2. The molecule has 0 saturated carbocycles. The van der Waals surface area contributed by atoms with Gasteiger partial charge in [0.2, 0.25) is 0 Å². The number of halogens is 1. The summed E-state index contributed by atoms with van der Waals surface area (Å²) in [6, 6.07) is 8.84. The van der Waals surface area contributed by atoms with Crippen LogP contribution in [0.3, 0.4) is 0 Å². The lowest BCUT2D eigenvalue weighted by Gasteiger charge is -2.15. The summed E-state index contributed by atoms with van der Waals surface area (Å²) in [7, 11) is -3.70. The van der Waals surface area contributed by atoms with Crippen LogP contribution in [0, 0.1) is 20.8 Å². The van der Waals surface area contributed by atoms with Crippen LogP contribution >= 0.6 is 15.9 Å². The number of hydrogen-bond donors (Lipinski definition) is 2. The zero-order valence-corrected chi connectivity index (χ0v) is 14.5. The number of nitrogens with one attached hydrogen (secondary N) is 1. The summed E-state index contributed by atoms with van der Waals surface area (Å²) in [5, 5.41) is 0. The van der Waals surface area contributed by atoms with Gasteiger partial charge in [0.15, 0.2) is 0 Å². The predicted molar refractivity (Wildman–Crippen MR) is 90.0 cm³/mol. The first-order valence-electron chi connectivity index (χ1n) is 6.37. The Bertz CT molecular complexity index is 802. The van der Waals surface area contributed by atoms with Gasteiger partial charge in [0.05, 0.1) is 10.6 Å². The lowest BCUT2D eigenvalue weighted by atomic mass is 10.1. The quantitative estimate of drug-likeness (QED) is 0.810. The highest BCUT2D eigenvalue weighted by atomic mass is 79.9. The second-order valence-corrected chi connectivity index (χ2v) is 7.38. The highest BCUT2D eigenvalue weighted by Gasteiger charge is 2.22. The Morgan fingerprint density at radius 2 is 1.71 bits per heavy atom. The van der Waals surface area contributed by atoms with Gasteiger partial charge in [-0.3, -0.25) is 4.72 Å². The standard InChI is InChI=1S/C15H17BrN2O2S/c1-9-5-4-6-13(14(9)16)18-21(19,20)15-10(2)7-8-12(17)11(15)3/h4-8,18H,17H2,1-3H3. The van der Waals surface area contributed by atoms with Gasteiger partial charge in [0.1, 0.15) is 0 Å². The number of nitrogen functional groups attached to an aromatic ring is 1. The van der Waals surface area contributed by atoms with Gasteiger partial charge in [0, 0.05) is 10.2 Å². The van der Waals surface area contributed by atoms with Crippen LogP contribution in [0.1, 0.15) is 16.7 Å². The van der Waals surface area contributed by atoms with Crippen molar-refractivity contribution in [2.75, 3.05) is 10.5 Å². The minimum atomic E-state index is -3.70. The van der Waals surface area contributed by atoms with Crippen molar-refractivity contribution in [3.05, 3.63) is 51.5 Å². The summed E-state index contributed by atoms with van der Waals surface area (Å²) in [5.41, 5.74) is 8.99. The fraction of sp³-hybridized carbons (Fsp3) is 0.200. The average Bonchev–Trinajstić information content (AvgIpc) is 2.39. The van der Waals surface area contributed by atoms with Crippen LogP contribution in [-0.4, -0.2) is 8.42 Å². The van der Waals surface area contributed by atoms with Gasteiger partial charge < -0.3 is 5.73 Å². The van der Waals surface area contributed by atoms with E-state index in [-0.39, 0.29) is 4.90 Å². The molecule has 0 aliphatic carbocycles. The van der Waals surface area contributed by atoms with Gasteiger partial charge >= 0.3 is 0 Å². The van der Waals surface area contributed by atoms with Crippen molar-refractivity contribution in [3.8, 4) is 0 Å². The van der Waals surface area contributed by atoms with E-state index in [4.69, 9.17) is 5.73 Å². The van der Waals surface area contributed by atoms with Crippen molar-refractivity contribution in [1.82, 2.24) is 0 Å². The van der Waals surface area contributed by atoms with Crippen LogP contribution in [0.15, 0.2) is 39.7 Å². The fourth-order valence-electron chi connectivity index (χ4n) is 2.18. The van der Waals surface area contributed by atoms with Gasteiger partial charge in [-0.05, 0) is 65.5 Å². The van der Waals surface area contributed by atoms with Crippen LogP contribution in [0.5, 0.6) is 0 Å². The lowest BCUT2D eigenvalue weighted by molar-refractivity contribution is 0.600. The Morgan fingerprint density at radius 1 is 1.05 bits per heavy atom. The van der Waals surface area contributed by atoms with Crippen LogP contribution in [-0.2, 0) is 10.0 Å². The molecule has 0 aromatic heterocycles. The number of rotatable bonds is 3. The van der Waals surface area contributed by atoms with Crippen LogP contribution in [0.4, 0.5) is 11.4 Å². The number of benzene rings is 2. The SMILES string of the molecule is Cc1cccc(NS(=O)(=O)c2c(C)ccc(N)c2C)c1Br. The van der Waals surface area contributed by atoms with E-state index in [2.05, 4.69) is 20.7 Å². The minimum absolute atomic E-state index is 0.232. The Morgan fingerprint density at radius 3 is 2.38 bits per heavy atom. The number of nitrogens with two attached hydrogens (primary N) is 1. The zero-order chi connectivity index (χ0) is 15.8. The molecule has 0 fully saturated rings. The van der Waals surface area contributed by atoms with Crippen LogP contribution in [0.25, 0.3) is 0 Å². The summed E-state index contributed by atoms with van der Waals surface area (Å²) < 4.78 is 28.7. The van der Waals surface area contributed by atoms with Gasteiger partial charge in [-0.15, -0.1) is 0 Å². The van der Waals surface area contributed by atoms with E-state index in [1.54, 1.807) is 38.1 Å². The molecule has 2 aromatic carbocycles. The molecule has 21 heavy (non-hydrogen) atoms. The Labute approximate surface area is 133 Å². The van der Waals surface area contributed by atoms with Crippen molar-refractivity contribution >= 4 is 37.3 Å². The molecule has 0 saturated heterocycles. The summed E-state index contributed by atoms with van der Waals surface area (Å²) in [4.78, 5) is 0.232. The van der Waals surface area contributed by atoms with Gasteiger partial charge in [-0.1, -0.05) is 18.2 Å². The molecule has 0 spiro atoms. The van der Waals surface area contributed by atoms with E-state index in [1.807, 2.05) is 13.0 Å². The lowest BCUT2D eigenvalue weighted by Crippen LogP contribution is -2.17. The van der Waals surface area contributed by atoms with E-state index in [0.717, 1.165) is 10.0 Å². The molecule has 0 unspecified atom stereocenters. The monoisotopic (exact) mass is 368 g/mol. The van der Waals surface area contributed by atoms with E-state index < -0.39 is 10.0 Å². The van der Waals surface area contributed by atoms with Crippen molar-refractivity contribution < 1.29 is 8.42 Å². The Hall–Kier alpha value is -1.53. The second-order valence-electron chi connectivity index (χ2n) is 4.97. The third-order valence-electron chi connectivity index (χ3n) is 3.35. The molecular formula is C15H17BrN2O2S. The highest BCUT2D eigenvalue weighted by molar-refractivity contribution is 9.10. The molecule has 6 heteroatoms. The third kappa shape index (κ3) is 3.06. The predicted octanol–water partition coefficient (Wildman–Crippen LogP) is 3.76. The average molecular weight is 369 g/mol. The molecule has 4 nitrogen and oxygen atoms in total. The largest absolute Gasteiger partial charge is 0.398 e. The molecule has 0 atom stereocenters. The highest BCUT2D eigenvalue weighted by Crippen LogP contribution is 2.31. The molecule has 0 heterocycles. The van der Waals surface area contributed by atoms with E-state index in [9.17, 15) is 8.42 Å². The zero-order valence-electron chi connectivity index (χ0n) is 12.1. The topological polar surface area (TPSA) is 72.2 Å². The van der Waals surface area contributed by atoms with Crippen molar-refractivity contribution in [1.29, 1.82) is 0 Å². The third-order valence-corrected chi connectivity index (χ3v) is 6.06. The maximum Gasteiger partial charge on any atom is 0.262 e. The summed E-state index contributed by atoms with van der Waals surface area (Å²) in [6.07, 6.45) is 0. The molecule has 0 amide bonds. The molecule has 0 aliphatic rings. The normalized spacial score (nSPS) is 11.4. The minimum Gasteiger partial charge on any atom is -0.398 e. The molecule has 0 radical (unpaired) electrons. The first-order chi connectivity index (χ1) is 9.74. The van der Waals surface area contributed by atoms with E-state index in [1.165, 1.54) is 0 Å². The van der Waals surface area contributed by atoms with E-state index >= 15 is 0 Å². The van der Waals surface area contributed by atoms with Gasteiger partial charge in [-0.2, -0.15) is 0 Å². The Balaban J connectivity index is 2.54. The van der Waals surface area contributed by atoms with Crippen LogP contribution in [0.2, 0.25) is 0 Å². The fourth-order valence-corrected chi connectivity index (χ4v) is 4.25. The Kier molecular flexibility index (Phi) is 4.30. The molecule has 3 N–H and O–H groups in total.